The third kappa shape index (κ3) is 3.41. The molecule has 26 heavy (non-hydrogen) atoms. The summed E-state index contributed by atoms with van der Waals surface area (Å²) in [6, 6.07) is 13.3. The lowest BCUT2D eigenvalue weighted by Crippen LogP contribution is -2.25. The number of carbonyl (C=O) groups is 2. The van der Waals surface area contributed by atoms with E-state index in [2.05, 4.69) is 9.89 Å². The lowest BCUT2D eigenvalue weighted by atomic mass is 10.1. The van der Waals surface area contributed by atoms with E-state index in [1.165, 1.54) is 0 Å². The first-order valence-electron chi connectivity index (χ1n) is 7.82. The summed E-state index contributed by atoms with van der Waals surface area (Å²) in [7, 11) is 0. The van der Waals surface area contributed by atoms with Crippen LogP contribution >= 0.6 is 0 Å². The smallest absolute Gasteiger partial charge is 0.396 e. The van der Waals surface area contributed by atoms with Gasteiger partial charge in [0.25, 0.3) is 0 Å². The second-order valence-electron chi connectivity index (χ2n) is 5.45. The van der Waals surface area contributed by atoms with Crippen molar-refractivity contribution in [3.8, 4) is 16.9 Å². The van der Waals surface area contributed by atoms with Crippen LogP contribution in [0.2, 0.25) is 0 Å². The van der Waals surface area contributed by atoms with E-state index < -0.39 is 11.9 Å². The second-order valence-corrected chi connectivity index (χ2v) is 5.45. The Morgan fingerprint density at radius 3 is 2.42 bits per heavy atom. The van der Waals surface area contributed by atoms with Crippen LogP contribution < -0.4 is 10.5 Å². The van der Waals surface area contributed by atoms with Crippen molar-refractivity contribution in [3.05, 3.63) is 65.7 Å². The largest absolute Gasteiger partial charge is 0.490 e. The predicted octanol–water partition coefficient (Wildman–Crippen LogP) is 1.86. The summed E-state index contributed by atoms with van der Waals surface area (Å²) in [5, 5.41) is 12.8. The van der Waals surface area contributed by atoms with Gasteiger partial charge in [-0.3, -0.25) is 4.79 Å². The number of oxime groups is 1. The molecular formula is C19H16N2O5. The van der Waals surface area contributed by atoms with Crippen molar-refractivity contribution in [2.24, 2.45) is 10.9 Å². The second kappa shape index (κ2) is 7.52. The van der Waals surface area contributed by atoms with E-state index in [0.29, 0.717) is 11.5 Å². The number of hydrogen-bond acceptors (Lipinski definition) is 6. The van der Waals surface area contributed by atoms with Crippen LogP contribution in [0.4, 0.5) is 0 Å². The highest BCUT2D eigenvalue weighted by Crippen LogP contribution is 2.38. The molecule has 3 rings (SSSR count). The molecule has 0 saturated carbocycles. The minimum atomic E-state index is -1.13. The third-order valence-electron chi connectivity index (χ3n) is 3.84. The molecule has 0 radical (unpaired) electrons. The molecule has 3 N–H and O–H groups in total. The first kappa shape index (κ1) is 17.2. The number of nitrogens with two attached hydrogens (primary N) is 1. The zero-order valence-corrected chi connectivity index (χ0v) is 13.7. The number of carbonyl (C=O) groups excluding carboxylic acids is 2. The average Bonchev–Trinajstić information content (AvgIpc) is 2.97. The van der Waals surface area contributed by atoms with Crippen molar-refractivity contribution in [2.45, 2.75) is 0 Å². The molecule has 2 aromatic rings. The van der Waals surface area contributed by atoms with Crippen LogP contribution in [0, 0.1) is 0 Å². The number of amides is 1. The van der Waals surface area contributed by atoms with Gasteiger partial charge in [0.1, 0.15) is 24.7 Å². The van der Waals surface area contributed by atoms with Gasteiger partial charge in [0.15, 0.2) is 0 Å². The molecule has 0 bridgehead atoms. The van der Waals surface area contributed by atoms with Crippen LogP contribution in [0.15, 0.2) is 59.8 Å². The van der Waals surface area contributed by atoms with Crippen molar-refractivity contribution in [1.29, 1.82) is 0 Å². The lowest BCUT2D eigenvalue weighted by Gasteiger charge is -2.06. The van der Waals surface area contributed by atoms with E-state index in [-0.39, 0.29) is 13.2 Å². The van der Waals surface area contributed by atoms with Gasteiger partial charge < -0.3 is 20.4 Å². The molecule has 1 amide bonds. The number of primary amides is 1. The highest BCUT2D eigenvalue weighted by atomic mass is 16.5. The monoisotopic (exact) mass is 352 g/mol. The molecular weight excluding hydrogens is 336 g/mol. The Morgan fingerprint density at radius 2 is 1.69 bits per heavy atom. The van der Waals surface area contributed by atoms with E-state index in [9.17, 15) is 14.8 Å². The fourth-order valence-electron chi connectivity index (χ4n) is 2.70. The summed E-state index contributed by atoms with van der Waals surface area (Å²) < 4.78 is 10.2. The Hall–Kier alpha value is -3.61. The molecule has 0 atom stereocenters. The molecule has 0 aliphatic heterocycles. The topological polar surface area (TPSA) is 111 Å². The van der Waals surface area contributed by atoms with Crippen LogP contribution in [-0.2, 0) is 14.3 Å². The summed E-state index contributed by atoms with van der Waals surface area (Å²) >= 11 is 0. The van der Waals surface area contributed by atoms with E-state index in [4.69, 9.17) is 10.5 Å². The Balaban J connectivity index is 1.63. The van der Waals surface area contributed by atoms with Crippen molar-refractivity contribution in [3.63, 3.8) is 0 Å². The van der Waals surface area contributed by atoms with Crippen molar-refractivity contribution >= 4 is 17.6 Å². The predicted molar refractivity (Wildman–Crippen MR) is 94.1 cm³/mol. The van der Waals surface area contributed by atoms with Crippen LogP contribution in [0.5, 0.6) is 5.75 Å². The van der Waals surface area contributed by atoms with Gasteiger partial charge in [-0.1, -0.05) is 29.4 Å². The number of hydrogen-bond donors (Lipinski definition) is 2. The minimum Gasteiger partial charge on any atom is -0.490 e. The molecule has 1 aliphatic carbocycles. The standard InChI is InChI=1S/C19H16N2O5/c20-18(22)19(23)26-10-4-3-9-25-12-7-8-14-13-5-1-2-6-15(13)17(21-24)16(14)11-12/h1-8,11,24H,9-10H2,(H2,20,22)/b4-3-,21-17+. The van der Waals surface area contributed by atoms with E-state index in [1.807, 2.05) is 42.5 Å². The van der Waals surface area contributed by atoms with Crippen molar-refractivity contribution < 1.29 is 24.3 Å². The number of esters is 1. The first-order valence-corrected chi connectivity index (χ1v) is 7.82. The Labute approximate surface area is 149 Å². The number of fused-ring (bicyclic) bond motifs is 3. The fraction of sp³-hybridized carbons (Fsp3) is 0.105. The van der Waals surface area contributed by atoms with Gasteiger partial charge >= 0.3 is 11.9 Å². The molecule has 0 aromatic heterocycles. The van der Waals surface area contributed by atoms with Gasteiger partial charge in [0, 0.05) is 11.1 Å². The molecule has 0 fully saturated rings. The number of nitrogens with zero attached hydrogens (tertiary/aromatic N) is 1. The maximum Gasteiger partial charge on any atom is 0.396 e. The van der Waals surface area contributed by atoms with Gasteiger partial charge in [-0.2, -0.15) is 0 Å². The maximum absolute atomic E-state index is 10.9. The Kier molecular flexibility index (Phi) is 4.98. The summed E-state index contributed by atoms with van der Waals surface area (Å²) in [4.78, 5) is 21.4. The molecule has 0 heterocycles. The summed E-state index contributed by atoms with van der Waals surface area (Å²) in [6.45, 7) is 0.178. The normalized spacial score (nSPS) is 13.5. The molecule has 2 aromatic carbocycles. The number of rotatable bonds is 5. The highest BCUT2D eigenvalue weighted by molar-refractivity contribution is 6.31. The fourth-order valence-corrected chi connectivity index (χ4v) is 2.70. The van der Waals surface area contributed by atoms with Crippen molar-refractivity contribution in [2.75, 3.05) is 13.2 Å². The summed E-state index contributed by atoms with van der Waals surface area (Å²) in [5.41, 5.74) is 8.93. The average molecular weight is 352 g/mol. The third-order valence-corrected chi connectivity index (χ3v) is 3.84. The summed E-state index contributed by atoms with van der Waals surface area (Å²) in [5.74, 6) is -1.60. The number of ether oxygens (including phenoxy) is 2. The quantitative estimate of drug-likeness (QED) is 0.239. The van der Waals surface area contributed by atoms with Gasteiger partial charge in [-0.05, 0) is 41.5 Å². The van der Waals surface area contributed by atoms with E-state index >= 15 is 0 Å². The minimum absolute atomic E-state index is 0.0635. The van der Waals surface area contributed by atoms with E-state index in [1.54, 1.807) is 12.2 Å². The SMILES string of the molecule is NC(=O)C(=O)OC/C=C\COc1ccc2c(c1)/C(=N/O)c1ccccc1-2. The zero-order valence-electron chi connectivity index (χ0n) is 13.7. The molecule has 0 spiro atoms. The van der Waals surface area contributed by atoms with E-state index in [0.717, 1.165) is 22.3 Å². The Morgan fingerprint density at radius 1 is 1.00 bits per heavy atom. The van der Waals surface area contributed by atoms with Gasteiger partial charge in [-0.25, -0.2) is 4.79 Å². The highest BCUT2D eigenvalue weighted by Gasteiger charge is 2.25. The summed E-state index contributed by atoms with van der Waals surface area (Å²) in [6.07, 6.45) is 3.20. The van der Waals surface area contributed by atoms with Crippen LogP contribution in [0.3, 0.4) is 0 Å². The van der Waals surface area contributed by atoms with Gasteiger partial charge in [-0.15, -0.1) is 0 Å². The number of benzene rings is 2. The zero-order chi connectivity index (χ0) is 18.5. The van der Waals surface area contributed by atoms with Gasteiger partial charge in [0.05, 0.1) is 0 Å². The first-order chi connectivity index (χ1) is 12.6. The van der Waals surface area contributed by atoms with Crippen LogP contribution in [0.1, 0.15) is 11.1 Å². The maximum atomic E-state index is 10.9. The molecule has 132 valence electrons. The Bertz CT molecular complexity index is 918. The molecule has 0 saturated heterocycles. The molecule has 0 unspecified atom stereocenters. The van der Waals surface area contributed by atoms with Crippen molar-refractivity contribution in [1.82, 2.24) is 0 Å². The van der Waals surface area contributed by atoms with Gasteiger partial charge in [0.2, 0.25) is 0 Å². The molecule has 7 nitrogen and oxygen atoms in total. The van der Waals surface area contributed by atoms with Crippen LogP contribution in [-0.4, -0.2) is 36.0 Å². The molecule has 7 heteroatoms. The van der Waals surface area contributed by atoms with Crippen LogP contribution in [0.25, 0.3) is 11.1 Å². The lowest BCUT2D eigenvalue weighted by molar-refractivity contribution is -0.152. The molecule has 1 aliphatic rings.